The van der Waals surface area contributed by atoms with Gasteiger partial charge in [0.1, 0.15) is 0 Å². The number of hydrogen-bond acceptors (Lipinski definition) is 7. The number of benzene rings is 2. The number of sulfonamides is 1. The molecule has 1 fully saturated rings. The number of piperidine rings is 1. The Kier molecular flexibility index (Phi) is 7.25. The molecular weight excluding hydrogens is 470 g/mol. The first-order valence-electron chi connectivity index (χ1n) is 11.4. The monoisotopic (exact) mass is 499 g/mol. The van der Waals surface area contributed by atoms with Gasteiger partial charge in [0.05, 0.1) is 10.1 Å². The van der Waals surface area contributed by atoms with Gasteiger partial charge < -0.3 is 4.42 Å². The van der Waals surface area contributed by atoms with Crippen LogP contribution in [0.25, 0.3) is 11.5 Å². The fourth-order valence-electron chi connectivity index (χ4n) is 4.07. The molecule has 180 valence electrons. The zero-order valence-electron chi connectivity index (χ0n) is 19.9. The number of Topliss-reactive ketones (excluding diaryl/α,β-unsaturated/α-hetero) is 1. The fraction of sp³-hybridized carbons (Fsp3) is 0.400. The van der Waals surface area contributed by atoms with Crippen LogP contribution in [0, 0.1) is 20.8 Å². The number of nitrogens with zero attached hydrogens (tertiary/aromatic N) is 3. The molecule has 0 spiro atoms. The second-order valence-corrected chi connectivity index (χ2v) is 12.0. The van der Waals surface area contributed by atoms with Crippen LogP contribution >= 0.6 is 11.8 Å². The van der Waals surface area contributed by atoms with Crippen molar-refractivity contribution in [3.05, 3.63) is 58.7 Å². The summed E-state index contributed by atoms with van der Waals surface area (Å²) >= 11 is 1.20. The van der Waals surface area contributed by atoms with Crippen LogP contribution in [0.4, 0.5) is 0 Å². The molecule has 0 bridgehead atoms. The lowest BCUT2D eigenvalue weighted by Gasteiger charge is -2.25. The van der Waals surface area contributed by atoms with Crippen molar-refractivity contribution >= 4 is 27.6 Å². The lowest BCUT2D eigenvalue weighted by molar-refractivity contribution is 0.0993. The highest BCUT2D eigenvalue weighted by Crippen LogP contribution is 2.30. The highest BCUT2D eigenvalue weighted by molar-refractivity contribution is 8.00. The Morgan fingerprint density at radius 2 is 1.71 bits per heavy atom. The summed E-state index contributed by atoms with van der Waals surface area (Å²) in [5.74, 6) is 0.222. The summed E-state index contributed by atoms with van der Waals surface area (Å²) in [5, 5.41) is 8.02. The van der Waals surface area contributed by atoms with Gasteiger partial charge in [0.25, 0.3) is 5.22 Å². The zero-order valence-corrected chi connectivity index (χ0v) is 21.5. The maximum Gasteiger partial charge on any atom is 0.277 e. The Hall–Kier alpha value is -2.49. The average Bonchev–Trinajstić information content (AvgIpc) is 3.30. The average molecular weight is 500 g/mol. The summed E-state index contributed by atoms with van der Waals surface area (Å²) in [7, 11) is -3.56. The number of aromatic nitrogens is 2. The minimum atomic E-state index is -3.56. The number of carbonyl (C=O) groups is 1. The molecular formula is C25H29N3O4S2. The SMILES string of the molecule is Cc1cc(C)c(C(=O)[C@H](C)Sc2nnc(-c3cccc(S(=O)(=O)N4CCCCC4)c3)o2)cc1C. The number of ketones is 1. The molecule has 34 heavy (non-hydrogen) atoms. The van der Waals surface area contributed by atoms with Crippen LogP contribution in [0.1, 0.15) is 53.2 Å². The molecule has 7 nitrogen and oxygen atoms in total. The molecule has 9 heteroatoms. The molecule has 1 atom stereocenters. The standard InChI is InChI=1S/C25H29N3O4S2/c1-16-13-18(3)22(14-17(16)2)23(29)19(4)33-25-27-26-24(32-25)20-9-8-10-21(15-20)34(30,31)28-11-6-5-7-12-28/h8-10,13-15,19H,5-7,11-12H2,1-4H3/t19-/m0/s1. The molecule has 0 aliphatic carbocycles. The second kappa shape index (κ2) is 10.0. The van der Waals surface area contributed by atoms with Crippen LogP contribution in [0.2, 0.25) is 0 Å². The van der Waals surface area contributed by atoms with Crippen molar-refractivity contribution in [2.75, 3.05) is 13.1 Å². The first kappa shape index (κ1) is 24.6. The first-order valence-corrected chi connectivity index (χ1v) is 13.7. The second-order valence-electron chi connectivity index (χ2n) is 8.74. The summed E-state index contributed by atoms with van der Waals surface area (Å²) in [6.45, 7) is 8.86. The van der Waals surface area contributed by atoms with Gasteiger partial charge in [0.2, 0.25) is 15.9 Å². The molecule has 0 N–H and O–H groups in total. The van der Waals surface area contributed by atoms with Crippen molar-refractivity contribution in [1.82, 2.24) is 14.5 Å². The molecule has 1 aliphatic rings. The van der Waals surface area contributed by atoms with E-state index in [0.29, 0.717) is 24.2 Å². The number of thioether (sulfide) groups is 1. The van der Waals surface area contributed by atoms with Gasteiger partial charge >= 0.3 is 0 Å². The quantitative estimate of drug-likeness (QED) is 0.326. The first-order chi connectivity index (χ1) is 16.2. The van der Waals surface area contributed by atoms with Gasteiger partial charge in [0, 0.05) is 24.2 Å². The molecule has 4 rings (SSSR count). The molecule has 2 aromatic carbocycles. The van der Waals surface area contributed by atoms with E-state index in [1.54, 1.807) is 24.3 Å². The van der Waals surface area contributed by atoms with E-state index in [4.69, 9.17) is 4.42 Å². The highest BCUT2D eigenvalue weighted by atomic mass is 32.2. The Balaban J connectivity index is 1.51. The molecule has 0 unspecified atom stereocenters. The summed E-state index contributed by atoms with van der Waals surface area (Å²) in [4.78, 5) is 13.2. The van der Waals surface area contributed by atoms with Crippen LogP contribution in [-0.4, -0.2) is 47.0 Å². The number of rotatable bonds is 7. The largest absolute Gasteiger partial charge is 0.411 e. The minimum Gasteiger partial charge on any atom is -0.411 e. The van der Waals surface area contributed by atoms with E-state index in [9.17, 15) is 13.2 Å². The van der Waals surface area contributed by atoms with Crippen molar-refractivity contribution < 1.29 is 17.6 Å². The third kappa shape index (κ3) is 5.11. The number of carbonyl (C=O) groups excluding carboxylic acids is 1. The van der Waals surface area contributed by atoms with E-state index in [1.807, 2.05) is 39.8 Å². The molecule has 0 saturated carbocycles. The van der Waals surface area contributed by atoms with Crippen LogP contribution in [0.5, 0.6) is 0 Å². The summed E-state index contributed by atoms with van der Waals surface area (Å²) in [6, 6.07) is 10.5. The van der Waals surface area contributed by atoms with E-state index in [0.717, 1.165) is 36.0 Å². The smallest absolute Gasteiger partial charge is 0.277 e. The third-order valence-electron chi connectivity index (χ3n) is 6.19. The van der Waals surface area contributed by atoms with Crippen molar-refractivity contribution in [3.8, 4) is 11.5 Å². The third-order valence-corrected chi connectivity index (χ3v) is 9.02. The minimum absolute atomic E-state index is 0.0000257. The Morgan fingerprint density at radius 1 is 1.00 bits per heavy atom. The molecule has 2 heterocycles. The maximum atomic E-state index is 13.0. The molecule has 0 radical (unpaired) electrons. The maximum absolute atomic E-state index is 13.0. The molecule has 1 aromatic heterocycles. The lowest BCUT2D eigenvalue weighted by atomic mass is 9.97. The van der Waals surface area contributed by atoms with Gasteiger partial charge in [-0.05, 0) is 81.5 Å². The van der Waals surface area contributed by atoms with Crippen LogP contribution in [0.3, 0.4) is 0 Å². The van der Waals surface area contributed by atoms with E-state index in [2.05, 4.69) is 10.2 Å². The predicted octanol–water partition coefficient (Wildman–Crippen LogP) is 5.20. The summed E-state index contributed by atoms with van der Waals surface area (Å²) < 4.78 is 33.4. The predicted molar refractivity (Wildman–Crippen MR) is 133 cm³/mol. The van der Waals surface area contributed by atoms with Crippen molar-refractivity contribution in [1.29, 1.82) is 0 Å². The normalized spacial score (nSPS) is 15.9. The van der Waals surface area contributed by atoms with Gasteiger partial charge in [-0.1, -0.05) is 30.3 Å². The van der Waals surface area contributed by atoms with Crippen molar-refractivity contribution in [2.45, 2.75) is 62.3 Å². The topological polar surface area (TPSA) is 93.4 Å². The van der Waals surface area contributed by atoms with Gasteiger partial charge in [-0.3, -0.25) is 4.79 Å². The van der Waals surface area contributed by atoms with E-state index in [1.165, 1.54) is 16.1 Å². The van der Waals surface area contributed by atoms with E-state index in [-0.39, 0.29) is 21.8 Å². The van der Waals surface area contributed by atoms with E-state index >= 15 is 0 Å². The van der Waals surface area contributed by atoms with Gasteiger partial charge in [-0.15, -0.1) is 10.2 Å². The van der Waals surface area contributed by atoms with Crippen molar-refractivity contribution in [3.63, 3.8) is 0 Å². The Labute approximate surface area is 205 Å². The molecule has 0 amide bonds. The van der Waals surface area contributed by atoms with Crippen LogP contribution < -0.4 is 0 Å². The highest BCUT2D eigenvalue weighted by Gasteiger charge is 2.27. The Bertz CT molecular complexity index is 1310. The van der Waals surface area contributed by atoms with Crippen molar-refractivity contribution in [2.24, 2.45) is 0 Å². The van der Waals surface area contributed by atoms with Gasteiger partial charge in [-0.2, -0.15) is 4.31 Å². The van der Waals surface area contributed by atoms with E-state index < -0.39 is 15.3 Å². The van der Waals surface area contributed by atoms with Gasteiger partial charge in [-0.25, -0.2) is 8.42 Å². The number of hydrogen-bond donors (Lipinski definition) is 0. The van der Waals surface area contributed by atoms with Gasteiger partial charge in [0.15, 0.2) is 5.78 Å². The summed E-state index contributed by atoms with van der Waals surface area (Å²) in [5.41, 5.74) is 4.39. The summed E-state index contributed by atoms with van der Waals surface area (Å²) in [6.07, 6.45) is 2.81. The molecule has 1 aliphatic heterocycles. The Morgan fingerprint density at radius 3 is 2.44 bits per heavy atom. The number of aryl methyl sites for hydroxylation is 3. The molecule has 3 aromatic rings. The van der Waals surface area contributed by atoms with Crippen LogP contribution in [-0.2, 0) is 10.0 Å². The van der Waals surface area contributed by atoms with Crippen LogP contribution in [0.15, 0.2) is 50.9 Å². The molecule has 1 saturated heterocycles. The fourth-order valence-corrected chi connectivity index (χ4v) is 6.38. The lowest BCUT2D eigenvalue weighted by Crippen LogP contribution is -2.35. The zero-order chi connectivity index (χ0) is 24.5.